The van der Waals surface area contributed by atoms with Crippen LogP contribution in [0.5, 0.6) is 0 Å². The maximum absolute atomic E-state index is 13.1. The number of rotatable bonds is 3. The SMILES string of the molecule is O=C(Nc1cc(Cl)cc(Cl)c1)C1(C(=O)N2CCc3ccccc32)CC1. The van der Waals surface area contributed by atoms with Crippen molar-refractivity contribution in [3.63, 3.8) is 0 Å². The second-order valence-corrected chi connectivity index (χ2v) is 7.40. The van der Waals surface area contributed by atoms with Crippen molar-refractivity contribution in [3.8, 4) is 0 Å². The molecule has 2 aromatic carbocycles. The van der Waals surface area contributed by atoms with E-state index in [1.54, 1.807) is 23.1 Å². The van der Waals surface area contributed by atoms with Crippen LogP contribution in [0.3, 0.4) is 0 Å². The molecule has 25 heavy (non-hydrogen) atoms. The van der Waals surface area contributed by atoms with Crippen LogP contribution in [0.4, 0.5) is 11.4 Å². The van der Waals surface area contributed by atoms with Crippen LogP contribution in [0.15, 0.2) is 42.5 Å². The van der Waals surface area contributed by atoms with Gasteiger partial charge in [-0.25, -0.2) is 0 Å². The maximum Gasteiger partial charge on any atom is 0.242 e. The van der Waals surface area contributed by atoms with Crippen molar-refractivity contribution in [3.05, 3.63) is 58.1 Å². The van der Waals surface area contributed by atoms with E-state index in [0.717, 1.165) is 17.7 Å². The van der Waals surface area contributed by atoms with Crippen molar-refractivity contribution in [1.29, 1.82) is 0 Å². The largest absolute Gasteiger partial charge is 0.325 e. The van der Waals surface area contributed by atoms with Gasteiger partial charge in [-0.15, -0.1) is 0 Å². The number of fused-ring (bicyclic) bond motifs is 1. The van der Waals surface area contributed by atoms with E-state index < -0.39 is 5.41 Å². The first kappa shape index (κ1) is 16.4. The summed E-state index contributed by atoms with van der Waals surface area (Å²) in [6, 6.07) is 12.7. The lowest BCUT2D eigenvalue weighted by Gasteiger charge is -2.23. The first-order chi connectivity index (χ1) is 12.0. The third-order valence-electron chi connectivity index (χ3n) is 4.85. The Morgan fingerprint density at radius 3 is 2.40 bits per heavy atom. The minimum absolute atomic E-state index is 0.122. The molecule has 0 radical (unpaired) electrons. The van der Waals surface area contributed by atoms with Gasteiger partial charge in [0.2, 0.25) is 11.8 Å². The Labute approximate surface area is 155 Å². The van der Waals surface area contributed by atoms with Crippen LogP contribution in [0.2, 0.25) is 10.0 Å². The fraction of sp³-hybridized carbons (Fsp3) is 0.263. The van der Waals surface area contributed by atoms with Gasteiger partial charge in [0.05, 0.1) is 0 Å². The molecule has 1 N–H and O–H groups in total. The average molecular weight is 375 g/mol. The number of amides is 2. The summed E-state index contributed by atoms with van der Waals surface area (Å²) in [7, 11) is 0. The lowest BCUT2D eigenvalue weighted by atomic mass is 10.0. The summed E-state index contributed by atoms with van der Waals surface area (Å²) in [5.74, 6) is -0.414. The highest BCUT2D eigenvalue weighted by atomic mass is 35.5. The molecule has 6 heteroatoms. The molecule has 1 aliphatic carbocycles. The molecule has 0 atom stereocenters. The number of carbonyl (C=O) groups is 2. The van der Waals surface area contributed by atoms with Gasteiger partial charge in [0.1, 0.15) is 5.41 Å². The van der Waals surface area contributed by atoms with Crippen LogP contribution in [0, 0.1) is 5.41 Å². The van der Waals surface area contributed by atoms with Crippen LogP contribution in [-0.4, -0.2) is 18.4 Å². The van der Waals surface area contributed by atoms with Gasteiger partial charge >= 0.3 is 0 Å². The Bertz CT molecular complexity index is 857. The van der Waals surface area contributed by atoms with Gasteiger partial charge < -0.3 is 10.2 Å². The molecule has 0 spiro atoms. The predicted molar refractivity (Wildman–Crippen MR) is 99.3 cm³/mol. The normalized spacial score (nSPS) is 17.1. The van der Waals surface area contributed by atoms with Gasteiger partial charge in [0.25, 0.3) is 0 Å². The molecule has 4 nitrogen and oxygen atoms in total. The number of nitrogens with zero attached hydrogens (tertiary/aromatic N) is 1. The van der Waals surface area contributed by atoms with Crippen LogP contribution in [-0.2, 0) is 16.0 Å². The lowest BCUT2D eigenvalue weighted by molar-refractivity contribution is -0.132. The van der Waals surface area contributed by atoms with E-state index in [1.807, 2.05) is 24.3 Å². The monoisotopic (exact) mass is 374 g/mol. The fourth-order valence-corrected chi connectivity index (χ4v) is 3.87. The summed E-state index contributed by atoms with van der Waals surface area (Å²) in [5, 5.41) is 3.67. The molecule has 0 unspecified atom stereocenters. The highest BCUT2D eigenvalue weighted by molar-refractivity contribution is 6.35. The van der Waals surface area contributed by atoms with E-state index in [-0.39, 0.29) is 11.8 Å². The number of benzene rings is 2. The Kier molecular flexibility index (Phi) is 3.97. The molecule has 2 aliphatic rings. The standard InChI is InChI=1S/C19H16Cl2N2O2/c20-13-9-14(21)11-15(10-13)22-17(24)19(6-7-19)18(25)23-8-5-12-3-1-2-4-16(12)23/h1-4,9-11H,5-8H2,(H,22,24). The molecule has 0 bridgehead atoms. The fourth-order valence-electron chi connectivity index (χ4n) is 3.35. The zero-order chi connectivity index (χ0) is 17.6. The summed E-state index contributed by atoms with van der Waals surface area (Å²) in [6.07, 6.45) is 1.94. The van der Waals surface area contributed by atoms with Crippen molar-refractivity contribution in [2.24, 2.45) is 5.41 Å². The van der Waals surface area contributed by atoms with Crippen molar-refractivity contribution in [1.82, 2.24) is 0 Å². The van der Waals surface area contributed by atoms with E-state index in [2.05, 4.69) is 5.32 Å². The Morgan fingerprint density at radius 2 is 1.72 bits per heavy atom. The molecule has 1 saturated carbocycles. The third-order valence-corrected chi connectivity index (χ3v) is 5.28. The van der Waals surface area contributed by atoms with Gasteiger partial charge in [-0.1, -0.05) is 41.4 Å². The second kappa shape index (κ2) is 6.04. The minimum Gasteiger partial charge on any atom is -0.325 e. The minimum atomic E-state index is -0.980. The molecule has 1 heterocycles. The molecule has 0 saturated heterocycles. The second-order valence-electron chi connectivity index (χ2n) is 6.53. The van der Waals surface area contributed by atoms with E-state index in [0.29, 0.717) is 35.1 Å². The van der Waals surface area contributed by atoms with Gasteiger partial charge in [0.15, 0.2) is 0 Å². The van der Waals surface area contributed by atoms with Crippen molar-refractivity contribution in [2.45, 2.75) is 19.3 Å². The summed E-state index contributed by atoms with van der Waals surface area (Å²) in [5.41, 5.74) is 1.58. The van der Waals surface area contributed by atoms with Crippen LogP contribution >= 0.6 is 23.2 Å². The average Bonchev–Trinajstić information content (AvgIpc) is 3.27. The van der Waals surface area contributed by atoms with Gasteiger partial charge in [-0.05, 0) is 49.1 Å². The van der Waals surface area contributed by atoms with E-state index in [1.165, 1.54) is 0 Å². The molecule has 1 fully saturated rings. The van der Waals surface area contributed by atoms with E-state index in [4.69, 9.17) is 23.2 Å². The van der Waals surface area contributed by atoms with Crippen LogP contribution in [0.25, 0.3) is 0 Å². The molecular formula is C19H16Cl2N2O2. The van der Waals surface area contributed by atoms with Crippen molar-refractivity contribution < 1.29 is 9.59 Å². The number of nitrogens with one attached hydrogen (secondary N) is 1. The van der Waals surface area contributed by atoms with Crippen LogP contribution < -0.4 is 10.2 Å². The van der Waals surface area contributed by atoms with Crippen molar-refractivity contribution >= 4 is 46.4 Å². The Balaban J connectivity index is 1.56. The number of para-hydroxylation sites is 1. The predicted octanol–water partition coefficient (Wildman–Crippen LogP) is 4.30. The Morgan fingerprint density at radius 1 is 1.04 bits per heavy atom. The zero-order valence-electron chi connectivity index (χ0n) is 13.4. The quantitative estimate of drug-likeness (QED) is 0.814. The first-order valence-electron chi connectivity index (χ1n) is 8.17. The molecular weight excluding hydrogens is 359 g/mol. The molecule has 4 rings (SSSR count). The van der Waals surface area contributed by atoms with Gasteiger partial charge in [0, 0.05) is 28.0 Å². The number of halogens is 2. The summed E-state index contributed by atoms with van der Waals surface area (Å²) < 4.78 is 0. The van der Waals surface area contributed by atoms with Gasteiger partial charge in [-0.3, -0.25) is 9.59 Å². The Hall–Kier alpha value is -2.04. The highest BCUT2D eigenvalue weighted by Crippen LogP contribution is 2.49. The number of carbonyl (C=O) groups excluding carboxylic acids is 2. The third kappa shape index (κ3) is 2.90. The summed E-state index contributed by atoms with van der Waals surface area (Å²) in [6.45, 7) is 0.621. The zero-order valence-corrected chi connectivity index (χ0v) is 14.9. The topological polar surface area (TPSA) is 49.4 Å². The summed E-state index contributed by atoms with van der Waals surface area (Å²) in [4.78, 5) is 27.6. The molecule has 2 amide bonds. The van der Waals surface area contributed by atoms with Gasteiger partial charge in [-0.2, -0.15) is 0 Å². The molecule has 2 aromatic rings. The number of anilines is 2. The molecule has 1 aliphatic heterocycles. The van der Waals surface area contributed by atoms with Crippen LogP contribution in [0.1, 0.15) is 18.4 Å². The first-order valence-corrected chi connectivity index (χ1v) is 8.93. The highest BCUT2D eigenvalue weighted by Gasteiger charge is 2.58. The maximum atomic E-state index is 13.1. The molecule has 128 valence electrons. The lowest BCUT2D eigenvalue weighted by Crippen LogP contribution is -2.42. The van der Waals surface area contributed by atoms with Crippen molar-refractivity contribution in [2.75, 3.05) is 16.8 Å². The van der Waals surface area contributed by atoms with E-state index >= 15 is 0 Å². The smallest absolute Gasteiger partial charge is 0.242 e. The molecule has 0 aromatic heterocycles. The van der Waals surface area contributed by atoms with E-state index in [9.17, 15) is 9.59 Å². The number of hydrogen-bond donors (Lipinski definition) is 1. The number of hydrogen-bond acceptors (Lipinski definition) is 2. The summed E-state index contributed by atoms with van der Waals surface area (Å²) >= 11 is 11.9.